The van der Waals surface area contributed by atoms with E-state index in [1.807, 2.05) is 25.5 Å². The van der Waals surface area contributed by atoms with Crippen molar-refractivity contribution in [2.45, 2.75) is 26.9 Å². The molecule has 0 fully saturated rings. The van der Waals surface area contributed by atoms with Gasteiger partial charge in [0.2, 0.25) is 0 Å². The fraction of sp³-hybridized carbons (Fsp3) is 0.333. The van der Waals surface area contributed by atoms with Crippen LogP contribution in [-0.4, -0.2) is 14.5 Å². The maximum Gasteiger partial charge on any atom is 0.152 e. The van der Waals surface area contributed by atoms with Crippen LogP contribution < -0.4 is 5.32 Å². The lowest BCUT2D eigenvalue weighted by Crippen LogP contribution is -2.06. The van der Waals surface area contributed by atoms with Gasteiger partial charge in [0.05, 0.1) is 24.3 Å². The summed E-state index contributed by atoms with van der Waals surface area (Å²) in [4.78, 5) is 8.22. The Morgan fingerprint density at radius 1 is 1.41 bits per heavy atom. The molecule has 1 N–H and O–H groups in total. The molecule has 0 aromatic carbocycles. The van der Waals surface area contributed by atoms with Crippen molar-refractivity contribution in [2.24, 2.45) is 0 Å². The molecule has 0 amide bonds. The molecule has 0 aliphatic rings. The average Bonchev–Trinajstić information content (AvgIpc) is 2.77. The number of aromatic nitrogens is 3. The van der Waals surface area contributed by atoms with E-state index in [4.69, 9.17) is 11.6 Å². The maximum absolute atomic E-state index is 6.01. The van der Waals surface area contributed by atoms with E-state index in [1.165, 1.54) is 0 Å². The van der Waals surface area contributed by atoms with E-state index in [-0.39, 0.29) is 0 Å². The van der Waals surface area contributed by atoms with Crippen LogP contribution in [0.2, 0.25) is 5.15 Å². The van der Waals surface area contributed by atoms with Crippen LogP contribution in [0.1, 0.15) is 18.2 Å². The quantitative estimate of drug-likeness (QED) is 0.849. The van der Waals surface area contributed by atoms with Crippen LogP contribution in [0, 0.1) is 6.92 Å². The Morgan fingerprint density at radius 2 is 2.24 bits per heavy atom. The molecule has 2 aromatic heterocycles. The molecule has 5 heteroatoms. The monoisotopic (exact) mass is 250 g/mol. The van der Waals surface area contributed by atoms with Crippen LogP contribution in [0.15, 0.2) is 24.8 Å². The predicted molar refractivity (Wildman–Crippen MR) is 69.2 cm³/mol. The fourth-order valence-corrected chi connectivity index (χ4v) is 1.81. The predicted octanol–water partition coefficient (Wildman–Crippen LogP) is 2.87. The summed E-state index contributed by atoms with van der Waals surface area (Å²) in [6, 6.07) is 1.99. The van der Waals surface area contributed by atoms with Gasteiger partial charge in [-0.05, 0) is 25.5 Å². The van der Waals surface area contributed by atoms with Gasteiger partial charge < -0.3 is 9.88 Å². The van der Waals surface area contributed by atoms with Crippen molar-refractivity contribution >= 4 is 17.3 Å². The van der Waals surface area contributed by atoms with Gasteiger partial charge in [-0.3, -0.25) is 0 Å². The molecular weight excluding hydrogens is 236 g/mol. The minimum Gasteiger partial charge on any atom is -0.377 e. The van der Waals surface area contributed by atoms with Crippen LogP contribution >= 0.6 is 11.6 Å². The van der Waals surface area contributed by atoms with Crippen LogP contribution in [0.5, 0.6) is 0 Å². The molecule has 4 nitrogen and oxygen atoms in total. The van der Waals surface area contributed by atoms with Gasteiger partial charge in [0.15, 0.2) is 5.15 Å². The van der Waals surface area contributed by atoms with Gasteiger partial charge in [-0.1, -0.05) is 11.6 Å². The van der Waals surface area contributed by atoms with E-state index in [1.54, 1.807) is 6.20 Å². The molecule has 90 valence electrons. The number of hydrogen-bond acceptors (Lipinski definition) is 3. The number of rotatable bonds is 4. The summed E-state index contributed by atoms with van der Waals surface area (Å²) < 4.78 is 2.09. The largest absolute Gasteiger partial charge is 0.377 e. The van der Waals surface area contributed by atoms with Gasteiger partial charge in [-0.2, -0.15) is 0 Å². The average molecular weight is 251 g/mol. The second kappa shape index (κ2) is 5.19. The molecular formula is C12H15ClN4. The zero-order valence-electron chi connectivity index (χ0n) is 9.94. The van der Waals surface area contributed by atoms with Crippen molar-refractivity contribution in [3.63, 3.8) is 0 Å². The summed E-state index contributed by atoms with van der Waals surface area (Å²) in [6.45, 7) is 5.69. The first-order chi connectivity index (χ1) is 8.20. The standard InChI is InChI=1S/C12H15ClN4/c1-3-17-8-14-6-10(17)7-15-11-4-9(2)5-16-12(11)13/h4-6,8,15H,3,7H2,1-2H3. The summed E-state index contributed by atoms with van der Waals surface area (Å²) in [5.41, 5.74) is 3.07. The third-order valence-electron chi connectivity index (χ3n) is 2.57. The highest BCUT2D eigenvalue weighted by molar-refractivity contribution is 6.31. The molecule has 0 atom stereocenters. The van der Waals surface area contributed by atoms with E-state index in [0.717, 1.165) is 23.5 Å². The molecule has 0 saturated carbocycles. The number of anilines is 1. The Balaban J connectivity index is 2.09. The highest BCUT2D eigenvalue weighted by Gasteiger charge is 2.04. The molecule has 0 aliphatic carbocycles. The van der Waals surface area contributed by atoms with Crippen molar-refractivity contribution in [3.05, 3.63) is 41.2 Å². The summed E-state index contributed by atoms with van der Waals surface area (Å²) in [7, 11) is 0. The molecule has 0 radical (unpaired) electrons. The highest BCUT2D eigenvalue weighted by atomic mass is 35.5. The van der Waals surface area contributed by atoms with E-state index in [2.05, 4.69) is 26.8 Å². The lowest BCUT2D eigenvalue weighted by molar-refractivity contribution is 0.719. The molecule has 2 rings (SSSR count). The smallest absolute Gasteiger partial charge is 0.152 e. The Bertz CT molecular complexity index is 507. The molecule has 17 heavy (non-hydrogen) atoms. The third kappa shape index (κ3) is 2.77. The first-order valence-corrected chi connectivity index (χ1v) is 5.93. The SMILES string of the molecule is CCn1cncc1CNc1cc(C)cnc1Cl. The lowest BCUT2D eigenvalue weighted by Gasteiger charge is -2.09. The Hall–Kier alpha value is -1.55. The van der Waals surface area contributed by atoms with E-state index < -0.39 is 0 Å². The van der Waals surface area contributed by atoms with E-state index >= 15 is 0 Å². The number of imidazole rings is 1. The minimum absolute atomic E-state index is 0.498. The normalized spacial score (nSPS) is 10.5. The zero-order valence-corrected chi connectivity index (χ0v) is 10.7. The topological polar surface area (TPSA) is 42.7 Å². The highest BCUT2D eigenvalue weighted by Crippen LogP contribution is 2.20. The number of hydrogen-bond donors (Lipinski definition) is 1. The first kappa shape index (κ1) is 11.9. The van der Waals surface area contributed by atoms with Gasteiger partial charge in [0.25, 0.3) is 0 Å². The van der Waals surface area contributed by atoms with Gasteiger partial charge >= 0.3 is 0 Å². The van der Waals surface area contributed by atoms with Crippen molar-refractivity contribution in [1.29, 1.82) is 0 Å². The van der Waals surface area contributed by atoms with Crippen LogP contribution in [0.4, 0.5) is 5.69 Å². The molecule has 0 unspecified atom stereocenters. The molecule has 0 spiro atoms. The van der Waals surface area contributed by atoms with Gasteiger partial charge in [-0.15, -0.1) is 0 Å². The number of aryl methyl sites for hydroxylation is 2. The number of nitrogens with zero attached hydrogens (tertiary/aromatic N) is 3. The number of nitrogens with one attached hydrogen (secondary N) is 1. The number of pyridine rings is 1. The Kier molecular flexibility index (Phi) is 3.64. The van der Waals surface area contributed by atoms with E-state index in [0.29, 0.717) is 11.7 Å². The van der Waals surface area contributed by atoms with Gasteiger partial charge in [0.1, 0.15) is 0 Å². The van der Waals surface area contributed by atoms with Crippen LogP contribution in [0.25, 0.3) is 0 Å². The first-order valence-electron chi connectivity index (χ1n) is 5.55. The molecule has 0 bridgehead atoms. The fourth-order valence-electron chi connectivity index (χ4n) is 1.64. The molecule has 0 aliphatic heterocycles. The van der Waals surface area contributed by atoms with Crippen LogP contribution in [-0.2, 0) is 13.1 Å². The minimum atomic E-state index is 0.498. The zero-order chi connectivity index (χ0) is 12.3. The van der Waals surface area contributed by atoms with Gasteiger partial charge in [0, 0.05) is 18.9 Å². The summed E-state index contributed by atoms with van der Waals surface area (Å²) in [6.07, 6.45) is 5.44. The van der Waals surface area contributed by atoms with Crippen molar-refractivity contribution in [1.82, 2.24) is 14.5 Å². The van der Waals surface area contributed by atoms with Gasteiger partial charge in [-0.25, -0.2) is 9.97 Å². The second-order valence-corrected chi connectivity index (χ2v) is 4.23. The maximum atomic E-state index is 6.01. The molecule has 2 heterocycles. The van der Waals surface area contributed by atoms with Crippen molar-refractivity contribution in [3.8, 4) is 0 Å². The number of halogens is 1. The summed E-state index contributed by atoms with van der Waals surface area (Å²) in [5, 5.41) is 3.77. The molecule has 0 saturated heterocycles. The third-order valence-corrected chi connectivity index (χ3v) is 2.88. The molecule has 2 aromatic rings. The van der Waals surface area contributed by atoms with Crippen molar-refractivity contribution < 1.29 is 0 Å². The van der Waals surface area contributed by atoms with E-state index in [9.17, 15) is 0 Å². The lowest BCUT2D eigenvalue weighted by atomic mass is 10.3. The van der Waals surface area contributed by atoms with Crippen molar-refractivity contribution in [2.75, 3.05) is 5.32 Å². The Labute approximate surface area is 106 Å². The summed E-state index contributed by atoms with van der Waals surface area (Å²) in [5.74, 6) is 0. The van der Waals surface area contributed by atoms with Crippen LogP contribution in [0.3, 0.4) is 0 Å². The Morgan fingerprint density at radius 3 is 3.00 bits per heavy atom. The summed E-state index contributed by atoms with van der Waals surface area (Å²) >= 11 is 6.01. The second-order valence-electron chi connectivity index (χ2n) is 3.88.